The second kappa shape index (κ2) is 7.09. The number of nitrogens with zero attached hydrogens (tertiary/aromatic N) is 2. The normalized spacial score (nSPS) is 14.4. The quantitative estimate of drug-likeness (QED) is 0.761. The van der Waals surface area contributed by atoms with Crippen molar-refractivity contribution in [3.8, 4) is 0 Å². The van der Waals surface area contributed by atoms with Crippen LogP contribution in [-0.2, 0) is 26.1 Å². The zero-order valence-corrected chi connectivity index (χ0v) is 15.0. The molecule has 0 spiro atoms. The number of aromatic nitrogens is 2. The molecule has 0 aliphatic carbocycles. The molecule has 2 aromatic carbocycles. The van der Waals surface area contributed by atoms with Crippen LogP contribution in [0.2, 0.25) is 5.02 Å². The highest BCUT2D eigenvalue weighted by Gasteiger charge is 2.22. The number of aromatic amines is 1. The van der Waals surface area contributed by atoms with Gasteiger partial charge in [-0.15, -0.1) is 0 Å². The Hall–Kier alpha value is -2.37. The third kappa shape index (κ3) is 3.45. The van der Waals surface area contributed by atoms with Gasteiger partial charge in [-0.25, -0.2) is 9.07 Å². The van der Waals surface area contributed by atoms with E-state index in [-0.39, 0.29) is 10.6 Å². The van der Waals surface area contributed by atoms with Gasteiger partial charge < -0.3 is 0 Å². The first-order chi connectivity index (χ1) is 12.6. The monoisotopic (exact) mass is 371 g/mol. The summed E-state index contributed by atoms with van der Waals surface area (Å²) in [6.45, 7) is 2.67. The molecule has 26 heavy (non-hydrogen) atoms. The van der Waals surface area contributed by atoms with E-state index in [4.69, 9.17) is 11.6 Å². The van der Waals surface area contributed by atoms with Gasteiger partial charge in [0.25, 0.3) is 5.56 Å². The van der Waals surface area contributed by atoms with Gasteiger partial charge >= 0.3 is 0 Å². The van der Waals surface area contributed by atoms with Crippen LogP contribution >= 0.6 is 11.6 Å². The summed E-state index contributed by atoms with van der Waals surface area (Å²) in [7, 11) is 0. The molecule has 6 heteroatoms. The first kappa shape index (κ1) is 17.1. The molecule has 1 N–H and O–H groups in total. The SMILES string of the molecule is O=c1c2c([nH]n1Cc1ccccc1)CN(Cc1ccc(F)c(Cl)c1)CC2. The van der Waals surface area contributed by atoms with Crippen molar-refractivity contribution in [2.24, 2.45) is 0 Å². The Balaban J connectivity index is 1.51. The average molecular weight is 372 g/mol. The van der Waals surface area contributed by atoms with Crippen LogP contribution in [0.4, 0.5) is 4.39 Å². The van der Waals surface area contributed by atoms with E-state index in [1.54, 1.807) is 16.8 Å². The van der Waals surface area contributed by atoms with Crippen LogP contribution in [0.1, 0.15) is 22.4 Å². The molecular formula is C20H19ClFN3O. The second-order valence-corrected chi connectivity index (χ2v) is 7.06. The lowest BCUT2D eigenvalue weighted by Gasteiger charge is -2.26. The molecule has 0 bridgehead atoms. The zero-order valence-electron chi connectivity index (χ0n) is 14.2. The third-order valence-electron chi connectivity index (χ3n) is 4.77. The van der Waals surface area contributed by atoms with Crippen molar-refractivity contribution in [2.45, 2.75) is 26.1 Å². The van der Waals surface area contributed by atoms with Gasteiger partial charge in [0.1, 0.15) is 5.82 Å². The molecule has 3 aromatic rings. The molecule has 0 amide bonds. The van der Waals surface area contributed by atoms with Gasteiger partial charge in [-0.1, -0.05) is 48.0 Å². The van der Waals surface area contributed by atoms with Crippen molar-refractivity contribution >= 4 is 11.6 Å². The van der Waals surface area contributed by atoms with Crippen molar-refractivity contribution in [2.75, 3.05) is 6.54 Å². The molecule has 0 saturated carbocycles. The van der Waals surface area contributed by atoms with Crippen molar-refractivity contribution < 1.29 is 4.39 Å². The third-order valence-corrected chi connectivity index (χ3v) is 5.06. The van der Waals surface area contributed by atoms with Gasteiger partial charge in [0.15, 0.2) is 0 Å². The molecule has 0 radical (unpaired) electrons. The van der Waals surface area contributed by atoms with Gasteiger partial charge in [-0.2, -0.15) is 0 Å². The minimum atomic E-state index is -0.404. The maximum atomic E-state index is 13.3. The molecule has 0 saturated heterocycles. The van der Waals surface area contributed by atoms with E-state index in [1.807, 2.05) is 30.3 Å². The number of H-pyrrole nitrogens is 1. The zero-order chi connectivity index (χ0) is 18.1. The van der Waals surface area contributed by atoms with Crippen molar-refractivity contribution in [3.05, 3.63) is 92.1 Å². The van der Waals surface area contributed by atoms with E-state index < -0.39 is 5.82 Å². The van der Waals surface area contributed by atoms with Crippen LogP contribution in [-0.4, -0.2) is 21.2 Å². The van der Waals surface area contributed by atoms with Crippen molar-refractivity contribution in [3.63, 3.8) is 0 Å². The van der Waals surface area contributed by atoms with E-state index in [1.165, 1.54) is 6.07 Å². The van der Waals surface area contributed by atoms with Crippen LogP contribution in [0, 0.1) is 5.82 Å². The van der Waals surface area contributed by atoms with E-state index in [0.29, 0.717) is 26.1 Å². The van der Waals surface area contributed by atoms with Gasteiger partial charge in [-0.3, -0.25) is 14.8 Å². The van der Waals surface area contributed by atoms with Crippen LogP contribution in [0.25, 0.3) is 0 Å². The lowest BCUT2D eigenvalue weighted by molar-refractivity contribution is 0.242. The molecule has 1 aromatic heterocycles. The average Bonchev–Trinajstić information content (AvgIpc) is 2.94. The molecule has 2 heterocycles. The molecular weight excluding hydrogens is 353 g/mol. The first-order valence-electron chi connectivity index (χ1n) is 8.61. The molecule has 4 rings (SSSR count). The molecule has 0 atom stereocenters. The minimum absolute atomic E-state index is 0.0633. The number of fused-ring (bicyclic) bond motifs is 1. The summed E-state index contributed by atoms with van der Waals surface area (Å²) in [4.78, 5) is 14.8. The predicted molar refractivity (Wildman–Crippen MR) is 99.8 cm³/mol. The fraction of sp³-hybridized carbons (Fsp3) is 0.250. The van der Waals surface area contributed by atoms with Crippen LogP contribution in [0.3, 0.4) is 0 Å². The summed E-state index contributed by atoms with van der Waals surface area (Å²) in [5.74, 6) is -0.404. The highest BCUT2D eigenvalue weighted by molar-refractivity contribution is 6.30. The summed E-state index contributed by atoms with van der Waals surface area (Å²) in [5, 5.41) is 3.40. The highest BCUT2D eigenvalue weighted by Crippen LogP contribution is 2.20. The molecule has 4 nitrogen and oxygen atoms in total. The summed E-state index contributed by atoms with van der Waals surface area (Å²) >= 11 is 5.87. The number of rotatable bonds is 4. The van der Waals surface area contributed by atoms with Crippen LogP contribution in [0.15, 0.2) is 53.3 Å². The smallest absolute Gasteiger partial charge is 0.270 e. The number of benzene rings is 2. The molecule has 0 unspecified atom stereocenters. The Labute approximate surface area is 155 Å². The molecule has 1 aliphatic rings. The topological polar surface area (TPSA) is 41.0 Å². The first-order valence-corrected chi connectivity index (χ1v) is 8.99. The number of hydrogen-bond donors (Lipinski definition) is 1. The number of hydrogen-bond acceptors (Lipinski definition) is 2. The Morgan fingerprint density at radius 1 is 1.08 bits per heavy atom. The Kier molecular flexibility index (Phi) is 4.66. The lowest BCUT2D eigenvalue weighted by Crippen LogP contribution is -2.31. The fourth-order valence-corrected chi connectivity index (χ4v) is 3.65. The van der Waals surface area contributed by atoms with Crippen LogP contribution < -0.4 is 5.56 Å². The molecule has 1 aliphatic heterocycles. The highest BCUT2D eigenvalue weighted by atomic mass is 35.5. The fourth-order valence-electron chi connectivity index (χ4n) is 3.44. The number of nitrogens with one attached hydrogen (secondary N) is 1. The lowest BCUT2D eigenvalue weighted by atomic mass is 10.1. The van der Waals surface area contributed by atoms with Gasteiger partial charge in [0.2, 0.25) is 0 Å². The van der Waals surface area contributed by atoms with E-state index >= 15 is 0 Å². The van der Waals surface area contributed by atoms with Crippen molar-refractivity contribution in [1.82, 2.24) is 14.7 Å². The second-order valence-electron chi connectivity index (χ2n) is 6.65. The van der Waals surface area contributed by atoms with Gasteiger partial charge in [0.05, 0.1) is 17.3 Å². The maximum Gasteiger partial charge on any atom is 0.270 e. The maximum absolute atomic E-state index is 13.3. The van der Waals surface area contributed by atoms with E-state index in [0.717, 1.165) is 28.9 Å². The Bertz CT molecular complexity index is 980. The number of halogens is 2. The van der Waals surface area contributed by atoms with E-state index in [2.05, 4.69) is 10.00 Å². The predicted octanol–water partition coefficient (Wildman–Crippen LogP) is 3.58. The molecule has 0 fully saturated rings. The largest absolute Gasteiger partial charge is 0.298 e. The van der Waals surface area contributed by atoms with Gasteiger partial charge in [0, 0.05) is 25.2 Å². The summed E-state index contributed by atoms with van der Waals surface area (Å²) in [5.41, 5.74) is 3.95. The van der Waals surface area contributed by atoms with Crippen LogP contribution in [0.5, 0.6) is 0 Å². The Morgan fingerprint density at radius 3 is 2.65 bits per heavy atom. The minimum Gasteiger partial charge on any atom is -0.298 e. The van der Waals surface area contributed by atoms with Gasteiger partial charge in [-0.05, 0) is 29.7 Å². The summed E-state index contributed by atoms with van der Waals surface area (Å²) in [6, 6.07) is 14.7. The Morgan fingerprint density at radius 2 is 1.88 bits per heavy atom. The van der Waals surface area contributed by atoms with Crippen molar-refractivity contribution in [1.29, 1.82) is 0 Å². The summed E-state index contributed by atoms with van der Waals surface area (Å²) < 4.78 is 15.0. The summed E-state index contributed by atoms with van der Waals surface area (Å²) in [6.07, 6.45) is 0.710. The standard InChI is InChI=1S/C20H19ClFN3O/c21-17-10-15(6-7-18(17)22)11-24-9-8-16-19(13-24)23-25(20(16)26)12-14-4-2-1-3-5-14/h1-7,10,23H,8-9,11-13H2. The molecule has 134 valence electrons. The van der Waals surface area contributed by atoms with E-state index in [9.17, 15) is 9.18 Å².